The van der Waals surface area contributed by atoms with Crippen molar-refractivity contribution in [3.63, 3.8) is 0 Å². The Morgan fingerprint density at radius 2 is 2.03 bits per heavy atom. The van der Waals surface area contributed by atoms with E-state index in [4.69, 9.17) is 0 Å². The zero-order valence-electron chi connectivity index (χ0n) is 17.8. The third kappa shape index (κ3) is 4.87. The molecule has 9 heteroatoms. The van der Waals surface area contributed by atoms with Gasteiger partial charge < -0.3 is 5.32 Å². The van der Waals surface area contributed by atoms with Crippen LogP contribution in [0.25, 0.3) is 0 Å². The highest BCUT2D eigenvalue weighted by molar-refractivity contribution is 6.08. The highest BCUT2D eigenvalue weighted by Gasteiger charge is 2.28. The molecule has 2 amide bonds. The fourth-order valence-corrected chi connectivity index (χ4v) is 3.81. The lowest BCUT2D eigenvalue weighted by Crippen LogP contribution is -2.39. The Kier molecular flexibility index (Phi) is 6.39. The van der Waals surface area contributed by atoms with Crippen molar-refractivity contribution >= 4 is 17.6 Å². The highest BCUT2D eigenvalue weighted by atomic mass is 19.3. The predicted molar refractivity (Wildman–Crippen MR) is 116 cm³/mol. The number of hydrogen-bond donors (Lipinski definition) is 1. The van der Waals surface area contributed by atoms with E-state index in [0.717, 1.165) is 22.3 Å². The molecule has 6 nitrogen and oxygen atoms in total. The SMILES string of the molecule is Cc1cc2c(cc1Cc1ccc(C(=O)NCC(F)F)nc1)C(=O)N(c1ncccc1F)CC2. The van der Waals surface area contributed by atoms with E-state index < -0.39 is 24.7 Å². The van der Waals surface area contributed by atoms with Crippen molar-refractivity contribution in [3.8, 4) is 0 Å². The largest absolute Gasteiger partial charge is 0.345 e. The van der Waals surface area contributed by atoms with Gasteiger partial charge in [0.05, 0.1) is 6.54 Å². The molecule has 0 radical (unpaired) electrons. The van der Waals surface area contributed by atoms with Crippen LogP contribution in [0.3, 0.4) is 0 Å². The van der Waals surface area contributed by atoms with E-state index in [1.807, 2.05) is 19.1 Å². The lowest BCUT2D eigenvalue weighted by Gasteiger charge is -2.28. The van der Waals surface area contributed by atoms with E-state index in [-0.39, 0.29) is 17.4 Å². The number of fused-ring (bicyclic) bond motifs is 1. The summed E-state index contributed by atoms with van der Waals surface area (Å²) in [5.41, 5.74) is 4.13. The molecule has 1 N–H and O–H groups in total. The lowest BCUT2D eigenvalue weighted by molar-refractivity contribution is 0.0886. The first-order valence-corrected chi connectivity index (χ1v) is 10.4. The van der Waals surface area contributed by atoms with Crippen LogP contribution in [0.5, 0.6) is 0 Å². The summed E-state index contributed by atoms with van der Waals surface area (Å²) in [6, 6.07) is 9.69. The molecule has 33 heavy (non-hydrogen) atoms. The van der Waals surface area contributed by atoms with Crippen molar-refractivity contribution < 1.29 is 22.8 Å². The van der Waals surface area contributed by atoms with Gasteiger partial charge in [-0.2, -0.15) is 0 Å². The number of carbonyl (C=O) groups is 2. The van der Waals surface area contributed by atoms with E-state index >= 15 is 0 Å². The molecule has 1 aliphatic rings. The lowest BCUT2D eigenvalue weighted by atomic mass is 9.91. The monoisotopic (exact) mass is 454 g/mol. The van der Waals surface area contributed by atoms with Gasteiger partial charge in [0.15, 0.2) is 11.6 Å². The van der Waals surface area contributed by atoms with E-state index in [0.29, 0.717) is 24.9 Å². The Bertz CT molecular complexity index is 1200. The summed E-state index contributed by atoms with van der Waals surface area (Å²) in [6.45, 7) is 1.56. The van der Waals surface area contributed by atoms with Gasteiger partial charge in [-0.05, 0) is 66.3 Å². The number of aryl methyl sites for hydroxylation is 1. The first-order valence-electron chi connectivity index (χ1n) is 10.4. The van der Waals surface area contributed by atoms with E-state index in [1.54, 1.807) is 6.07 Å². The number of amides is 2. The number of halogens is 3. The van der Waals surface area contributed by atoms with Crippen molar-refractivity contribution in [1.29, 1.82) is 0 Å². The second-order valence-corrected chi connectivity index (χ2v) is 7.78. The zero-order chi connectivity index (χ0) is 23.5. The normalized spacial score (nSPS) is 13.2. The third-order valence-electron chi connectivity index (χ3n) is 5.51. The molecule has 0 saturated heterocycles. The van der Waals surface area contributed by atoms with Crippen LogP contribution in [0.1, 0.15) is 43.1 Å². The Balaban J connectivity index is 1.54. The van der Waals surface area contributed by atoms with Crippen molar-refractivity contribution in [1.82, 2.24) is 15.3 Å². The van der Waals surface area contributed by atoms with Crippen LogP contribution >= 0.6 is 0 Å². The minimum atomic E-state index is -2.63. The Labute approximate surface area is 188 Å². The van der Waals surface area contributed by atoms with Crippen LogP contribution in [0.15, 0.2) is 48.8 Å². The second kappa shape index (κ2) is 9.40. The molecule has 0 aliphatic carbocycles. The van der Waals surface area contributed by atoms with Crippen LogP contribution in [-0.2, 0) is 12.8 Å². The molecule has 0 unspecified atom stereocenters. The average molecular weight is 454 g/mol. The van der Waals surface area contributed by atoms with Gasteiger partial charge >= 0.3 is 0 Å². The smallest absolute Gasteiger partial charge is 0.270 e. The zero-order valence-corrected chi connectivity index (χ0v) is 17.8. The van der Waals surface area contributed by atoms with Crippen LogP contribution in [0.2, 0.25) is 0 Å². The number of nitrogens with zero attached hydrogens (tertiary/aromatic N) is 3. The minimum Gasteiger partial charge on any atom is -0.345 e. The Morgan fingerprint density at radius 3 is 2.73 bits per heavy atom. The number of alkyl halides is 2. The fourth-order valence-electron chi connectivity index (χ4n) is 3.81. The summed E-state index contributed by atoms with van der Waals surface area (Å²) in [7, 11) is 0. The average Bonchev–Trinajstić information content (AvgIpc) is 2.80. The molecule has 0 fully saturated rings. The molecule has 1 aliphatic heterocycles. The summed E-state index contributed by atoms with van der Waals surface area (Å²) >= 11 is 0. The topological polar surface area (TPSA) is 75.2 Å². The summed E-state index contributed by atoms with van der Waals surface area (Å²) in [5.74, 6) is -1.51. The van der Waals surface area contributed by atoms with Crippen molar-refractivity contribution in [2.24, 2.45) is 0 Å². The van der Waals surface area contributed by atoms with E-state index in [1.165, 1.54) is 35.5 Å². The molecule has 0 spiro atoms. The van der Waals surface area contributed by atoms with Gasteiger partial charge in [-0.25, -0.2) is 18.2 Å². The maximum absolute atomic E-state index is 14.2. The molecular formula is C24H21F3N4O2. The fraction of sp³-hybridized carbons (Fsp3) is 0.250. The number of nitrogens with one attached hydrogen (secondary N) is 1. The summed E-state index contributed by atoms with van der Waals surface area (Å²) in [6.07, 6.45) is 1.37. The Hall–Kier alpha value is -3.75. The first-order chi connectivity index (χ1) is 15.8. The molecule has 3 heterocycles. The number of anilines is 1. The van der Waals surface area contributed by atoms with Crippen LogP contribution < -0.4 is 10.2 Å². The van der Waals surface area contributed by atoms with E-state index in [2.05, 4.69) is 15.3 Å². The van der Waals surface area contributed by atoms with E-state index in [9.17, 15) is 22.8 Å². The second-order valence-electron chi connectivity index (χ2n) is 7.78. The van der Waals surface area contributed by atoms with Crippen LogP contribution in [0, 0.1) is 12.7 Å². The van der Waals surface area contributed by atoms with Gasteiger partial charge in [0.25, 0.3) is 18.2 Å². The molecule has 170 valence electrons. The summed E-state index contributed by atoms with van der Waals surface area (Å²) in [5, 5.41) is 2.11. The van der Waals surface area contributed by atoms with Gasteiger partial charge in [0, 0.05) is 24.5 Å². The number of rotatable bonds is 6. The number of aromatic nitrogens is 2. The summed E-state index contributed by atoms with van der Waals surface area (Å²) < 4.78 is 38.7. The molecule has 4 rings (SSSR count). The maximum Gasteiger partial charge on any atom is 0.270 e. The third-order valence-corrected chi connectivity index (χ3v) is 5.51. The molecule has 0 saturated carbocycles. The highest BCUT2D eigenvalue weighted by Crippen LogP contribution is 2.28. The van der Waals surface area contributed by atoms with Crippen molar-refractivity contribution in [2.45, 2.75) is 26.2 Å². The first kappa shape index (κ1) is 22.4. The van der Waals surface area contributed by atoms with Gasteiger partial charge in [-0.1, -0.05) is 12.1 Å². The summed E-state index contributed by atoms with van der Waals surface area (Å²) in [4.78, 5) is 34.4. The van der Waals surface area contributed by atoms with Crippen LogP contribution in [0.4, 0.5) is 19.0 Å². The molecular weight excluding hydrogens is 433 g/mol. The Morgan fingerprint density at radius 1 is 1.21 bits per heavy atom. The van der Waals surface area contributed by atoms with Crippen molar-refractivity contribution in [3.05, 3.63) is 88.1 Å². The standard InChI is InChI=1S/C24H21F3N4O2/c1-14-9-16-6-8-31(22-19(25)3-2-7-28-22)24(33)18(16)11-17(14)10-15-4-5-20(29-12-15)23(32)30-13-21(26)27/h2-5,7,9,11-12,21H,6,8,10,13H2,1H3,(H,30,32). The van der Waals surface area contributed by atoms with Gasteiger partial charge in [-0.3, -0.25) is 19.5 Å². The number of hydrogen-bond acceptors (Lipinski definition) is 4. The quantitative estimate of drug-likeness (QED) is 0.616. The molecule has 0 bridgehead atoms. The predicted octanol–water partition coefficient (Wildman–Crippen LogP) is 3.71. The van der Waals surface area contributed by atoms with Crippen LogP contribution in [-0.4, -0.2) is 41.3 Å². The minimum absolute atomic E-state index is 0.0141. The number of pyridine rings is 2. The van der Waals surface area contributed by atoms with Gasteiger partial charge in [0.1, 0.15) is 5.69 Å². The molecule has 2 aromatic heterocycles. The molecule has 1 aromatic carbocycles. The molecule has 0 atom stereocenters. The number of carbonyl (C=O) groups excluding carboxylic acids is 2. The van der Waals surface area contributed by atoms with Crippen molar-refractivity contribution in [2.75, 3.05) is 18.0 Å². The molecule has 3 aromatic rings. The maximum atomic E-state index is 14.2. The van der Waals surface area contributed by atoms with Gasteiger partial charge in [-0.15, -0.1) is 0 Å². The van der Waals surface area contributed by atoms with Gasteiger partial charge in [0.2, 0.25) is 0 Å². The number of benzene rings is 1.